The van der Waals surface area contributed by atoms with E-state index in [9.17, 15) is 4.79 Å². The van der Waals surface area contributed by atoms with Crippen LogP contribution in [0.2, 0.25) is 0 Å². The minimum absolute atomic E-state index is 0.0822. The van der Waals surface area contributed by atoms with Crippen LogP contribution in [0.1, 0.15) is 31.9 Å². The van der Waals surface area contributed by atoms with Gasteiger partial charge in [-0.3, -0.25) is 0 Å². The van der Waals surface area contributed by atoms with E-state index in [0.29, 0.717) is 5.75 Å². The molecule has 1 aromatic rings. The number of esters is 1. The van der Waals surface area contributed by atoms with Gasteiger partial charge in [-0.05, 0) is 29.5 Å². The smallest absolute Gasteiger partial charge is 0.348 e. The summed E-state index contributed by atoms with van der Waals surface area (Å²) in [5.41, 5.74) is 7.81. The fourth-order valence-electron chi connectivity index (χ4n) is 1.73. The summed E-state index contributed by atoms with van der Waals surface area (Å²) in [5.74, 6) is 0.204. The van der Waals surface area contributed by atoms with Gasteiger partial charge in [-0.15, -0.1) is 0 Å². The van der Waals surface area contributed by atoms with E-state index < -0.39 is 12.1 Å². The van der Waals surface area contributed by atoms with Crippen molar-refractivity contribution in [1.82, 2.24) is 0 Å². The second kappa shape index (κ2) is 6.06. The van der Waals surface area contributed by atoms with Gasteiger partial charge >= 0.3 is 5.97 Å². The predicted octanol–water partition coefficient (Wildman–Crippen LogP) is 2.17. The van der Waals surface area contributed by atoms with Crippen molar-refractivity contribution in [2.75, 3.05) is 13.7 Å². The molecule has 0 fully saturated rings. The zero-order valence-electron chi connectivity index (χ0n) is 12.3. The van der Waals surface area contributed by atoms with Crippen LogP contribution >= 0.6 is 0 Å². The Balaban J connectivity index is 2.94. The third-order valence-corrected chi connectivity index (χ3v) is 2.99. The lowest BCUT2D eigenvalue weighted by Gasteiger charge is -2.22. The first kappa shape index (κ1) is 15.5. The minimum Gasteiger partial charge on any atom is -0.477 e. The average Bonchev–Trinajstić information content (AvgIpc) is 2.35. The largest absolute Gasteiger partial charge is 0.477 e. The molecular weight excluding hydrogens is 242 g/mol. The van der Waals surface area contributed by atoms with Crippen LogP contribution in [-0.4, -0.2) is 25.7 Å². The Hall–Kier alpha value is -1.55. The molecule has 0 aliphatic rings. The van der Waals surface area contributed by atoms with Crippen molar-refractivity contribution in [3.05, 3.63) is 29.3 Å². The number of hydrogen-bond donors (Lipinski definition) is 1. The lowest BCUT2D eigenvalue weighted by atomic mass is 9.86. The van der Waals surface area contributed by atoms with Gasteiger partial charge < -0.3 is 15.2 Å². The number of carbonyl (C=O) groups is 1. The highest BCUT2D eigenvalue weighted by Gasteiger charge is 2.21. The molecule has 0 saturated heterocycles. The Kier molecular flexibility index (Phi) is 4.95. The Bertz CT molecular complexity index is 449. The van der Waals surface area contributed by atoms with Gasteiger partial charge in [-0.1, -0.05) is 32.9 Å². The van der Waals surface area contributed by atoms with E-state index >= 15 is 0 Å². The van der Waals surface area contributed by atoms with Crippen LogP contribution in [0, 0.1) is 6.92 Å². The number of rotatable bonds is 4. The maximum absolute atomic E-state index is 11.5. The van der Waals surface area contributed by atoms with E-state index in [-0.39, 0.29) is 12.0 Å². The predicted molar refractivity (Wildman–Crippen MR) is 75.4 cm³/mol. The number of hydrogen-bond acceptors (Lipinski definition) is 4. The highest BCUT2D eigenvalue weighted by atomic mass is 16.6. The Morgan fingerprint density at radius 1 is 1.37 bits per heavy atom. The Labute approximate surface area is 114 Å². The number of nitrogens with two attached hydrogens (primary N) is 1. The molecule has 0 heterocycles. The molecule has 4 heteroatoms. The van der Waals surface area contributed by atoms with Gasteiger partial charge in [0.1, 0.15) is 5.75 Å². The first-order valence-electron chi connectivity index (χ1n) is 6.35. The summed E-state index contributed by atoms with van der Waals surface area (Å²) in [4.78, 5) is 11.5. The van der Waals surface area contributed by atoms with Crippen molar-refractivity contribution in [2.24, 2.45) is 5.73 Å². The van der Waals surface area contributed by atoms with E-state index in [1.165, 1.54) is 12.7 Å². The number of benzene rings is 1. The van der Waals surface area contributed by atoms with Crippen molar-refractivity contribution in [1.29, 1.82) is 0 Å². The zero-order valence-corrected chi connectivity index (χ0v) is 12.3. The first-order valence-corrected chi connectivity index (χ1v) is 6.35. The summed E-state index contributed by atoms with van der Waals surface area (Å²) in [6.45, 7) is 8.50. The maximum atomic E-state index is 11.5. The summed E-state index contributed by atoms with van der Waals surface area (Å²) in [6.07, 6.45) is -0.760. The van der Waals surface area contributed by atoms with Crippen molar-refractivity contribution in [3.63, 3.8) is 0 Å². The third-order valence-electron chi connectivity index (χ3n) is 2.99. The fourth-order valence-corrected chi connectivity index (χ4v) is 1.73. The van der Waals surface area contributed by atoms with Crippen LogP contribution in [0.5, 0.6) is 5.75 Å². The Morgan fingerprint density at radius 2 is 2.00 bits per heavy atom. The molecule has 2 N–H and O–H groups in total. The fraction of sp³-hybridized carbons (Fsp3) is 0.533. The monoisotopic (exact) mass is 265 g/mol. The highest BCUT2D eigenvalue weighted by molar-refractivity contribution is 5.75. The van der Waals surface area contributed by atoms with Crippen LogP contribution in [0.15, 0.2) is 18.2 Å². The number of aryl methyl sites for hydroxylation is 1. The van der Waals surface area contributed by atoms with Gasteiger partial charge in [0.25, 0.3) is 0 Å². The quantitative estimate of drug-likeness (QED) is 0.848. The first-order chi connectivity index (χ1) is 8.79. The SMILES string of the molecule is COC(=O)C(CN)Oc1ccc(C(C)(C)C)cc1C. The maximum Gasteiger partial charge on any atom is 0.348 e. The molecule has 1 unspecified atom stereocenters. The van der Waals surface area contributed by atoms with E-state index in [2.05, 4.69) is 31.6 Å². The molecule has 4 nitrogen and oxygen atoms in total. The Morgan fingerprint density at radius 3 is 2.42 bits per heavy atom. The van der Waals surface area contributed by atoms with Crippen LogP contribution in [0.4, 0.5) is 0 Å². The summed E-state index contributed by atoms with van der Waals surface area (Å²) < 4.78 is 10.3. The molecular formula is C15H23NO3. The molecule has 1 atom stereocenters. The minimum atomic E-state index is -0.760. The molecule has 1 aromatic carbocycles. The molecule has 0 spiro atoms. The average molecular weight is 265 g/mol. The van der Waals surface area contributed by atoms with Crippen molar-refractivity contribution >= 4 is 5.97 Å². The lowest BCUT2D eigenvalue weighted by molar-refractivity contribution is -0.148. The van der Waals surface area contributed by atoms with Crippen LogP contribution in [0.25, 0.3) is 0 Å². The molecule has 1 rings (SSSR count). The molecule has 19 heavy (non-hydrogen) atoms. The van der Waals surface area contributed by atoms with Crippen molar-refractivity contribution in [2.45, 2.75) is 39.2 Å². The lowest BCUT2D eigenvalue weighted by Crippen LogP contribution is -2.36. The number of ether oxygens (including phenoxy) is 2. The van der Waals surface area contributed by atoms with E-state index in [4.69, 9.17) is 10.5 Å². The van der Waals surface area contributed by atoms with Gasteiger partial charge in [0.15, 0.2) is 0 Å². The third kappa shape index (κ3) is 3.96. The number of methoxy groups -OCH3 is 1. The van der Waals surface area contributed by atoms with Crippen LogP contribution < -0.4 is 10.5 Å². The second-order valence-electron chi connectivity index (χ2n) is 5.60. The van der Waals surface area contributed by atoms with Crippen LogP contribution in [-0.2, 0) is 14.9 Å². The molecule has 0 amide bonds. The van der Waals surface area contributed by atoms with E-state index in [0.717, 1.165) is 5.56 Å². The molecule has 0 aliphatic heterocycles. The summed E-state index contributed by atoms with van der Waals surface area (Å²) in [7, 11) is 1.32. The number of carbonyl (C=O) groups excluding carboxylic acids is 1. The normalized spacial score (nSPS) is 12.9. The van der Waals surface area contributed by atoms with Gasteiger partial charge in [0.05, 0.1) is 7.11 Å². The van der Waals surface area contributed by atoms with Gasteiger partial charge in [0.2, 0.25) is 6.10 Å². The van der Waals surface area contributed by atoms with Gasteiger partial charge in [0, 0.05) is 6.54 Å². The van der Waals surface area contributed by atoms with Crippen LogP contribution in [0.3, 0.4) is 0 Å². The standard InChI is InChI=1S/C15H23NO3/c1-10-8-11(15(2,3)4)6-7-12(10)19-13(9-16)14(17)18-5/h6-8,13H,9,16H2,1-5H3. The zero-order chi connectivity index (χ0) is 14.6. The van der Waals surface area contributed by atoms with E-state index in [1.54, 1.807) is 0 Å². The molecule has 0 saturated carbocycles. The second-order valence-corrected chi connectivity index (χ2v) is 5.60. The van der Waals surface area contributed by atoms with Gasteiger partial charge in [-0.25, -0.2) is 4.79 Å². The van der Waals surface area contributed by atoms with Gasteiger partial charge in [-0.2, -0.15) is 0 Å². The molecule has 0 aliphatic carbocycles. The summed E-state index contributed by atoms with van der Waals surface area (Å²) in [6, 6.07) is 5.95. The van der Waals surface area contributed by atoms with Crippen molar-refractivity contribution in [3.8, 4) is 5.75 Å². The van der Waals surface area contributed by atoms with Crippen molar-refractivity contribution < 1.29 is 14.3 Å². The highest BCUT2D eigenvalue weighted by Crippen LogP contribution is 2.28. The summed E-state index contributed by atoms with van der Waals surface area (Å²) >= 11 is 0. The molecule has 0 aromatic heterocycles. The molecule has 106 valence electrons. The van der Waals surface area contributed by atoms with E-state index in [1.807, 2.05) is 19.1 Å². The molecule has 0 radical (unpaired) electrons. The molecule has 0 bridgehead atoms. The summed E-state index contributed by atoms with van der Waals surface area (Å²) in [5, 5.41) is 0. The topological polar surface area (TPSA) is 61.5 Å².